The van der Waals surface area contributed by atoms with Crippen LogP contribution in [0.1, 0.15) is 0 Å². The van der Waals surface area contributed by atoms with E-state index in [-0.39, 0.29) is 0 Å². The van der Waals surface area contributed by atoms with Crippen LogP contribution in [0.4, 0.5) is 0 Å². The molecule has 0 aromatic rings. The van der Waals surface area contributed by atoms with Crippen LogP contribution in [0.3, 0.4) is 0 Å². The lowest BCUT2D eigenvalue weighted by atomic mass is 10.00. The second kappa shape index (κ2) is 4.92. The highest BCUT2D eigenvalue weighted by Gasteiger charge is 2.45. The van der Waals surface area contributed by atoms with Gasteiger partial charge in [0.1, 0.15) is 30.2 Å². The minimum atomic E-state index is -4.36. The fourth-order valence-electron chi connectivity index (χ4n) is 1.46. The molecule has 4 N–H and O–H groups in total. The number of methoxy groups -OCH3 is 1. The molecule has 1 rings (SSSR count). The van der Waals surface area contributed by atoms with Gasteiger partial charge in [-0.15, -0.1) is 0 Å². The fourth-order valence-corrected chi connectivity index (χ4v) is 2.15. The van der Waals surface area contributed by atoms with E-state index in [9.17, 15) is 23.7 Å². The maximum absolute atomic E-state index is 10.6. The van der Waals surface area contributed by atoms with Crippen LogP contribution in [0.2, 0.25) is 0 Å². The van der Waals surface area contributed by atoms with Gasteiger partial charge in [-0.3, -0.25) is 4.55 Å². The lowest BCUT2D eigenvalue weighted by Gasteiger charge is -2.39. The SMILES string of the molecule is CO[C@@H]1O[C@@H](CS(=O)(=O)O)[C@@H](O)[C@@H](O)[C@@H]1O. The molecular formula is C7H14O8S. The van der Waals surface area contributed by atoms with Gasteiger partial charge in [0.2, 0.25) is 0 Å². The summed E-state index contributed by atoms with van der Waals surface area (Å²) < 4.78 is 39.3. The van der Waals surface area contributed by atoms with Gasteiger partial charge in [-0.1, -0.05) is 0 Å². The quantitative estimate of drug-likeness (QED) is 0.403. The van der Waals surface area contributed by atoms with Crippen molar-refractivity contribution in [1.82, 2.24) is 0 Å². The van der Waals surface area contributed by atoms with Crippen LogP contribution in [0.25, 0.3) is 0 Å². The van der Waals surface area contributed by atoms with Gasteiger partial charge < -0.3 is 24.8 Å². The van der Waals surface area contributed by atoms with Crippen molar-refractivity contribution in [2.24, 2.45) is 0 Å². The normalized spacial score (nSPS) is 40.9. The highest BCUT2D eigenvalue weighted by Crippen LogP contribution is 2.22. The summed E-state index contributed by atoms with van der Waals surface area (Å²) in [7, 11) is -3.18. The Morgan fingerprint density at radius 3 is 2.19 bits per heavy atom. The van der Waals surface area contributed by atoms with E-state index in [1.807, 2.05) is 0 Å². The molecule has 8 nitrogen and oxygen atoms in total. The first-order valence-electron chi connectivity index (χ1n) is 4.44. The van der Waals surface area contributed by atoms with Crippen LogP contribution >= 0.6 is 0 Å². The van der Waals surface area contributed by atoms with Crippen molar-refractivity contribution in [3.05, 3.63) is 0 Å². The molecule has 1 aliphatic heterocycles. The molecule has 5 atom stereocenters. The van der Waals surface area contributed by atoms with Crippen LogP contribution < -0.4 is 0 Å². The molecule has 0 amide bonds. The predicted molar refractivity (Wildman–Crippen MR) is 50.1 cm³/mol. The van der Waals surface area contributed by atoms with Crippen molar-refractivity contribution in [3.8, 4) is 0 Å². The van der Waals surface area contributed by atoms with Gasteiger partial charge in [0.15, 0.2) is 6.29 Å². The molecule has 0 aromatic heterocycles. The Morgan fingerprint density at radius 2 is 1.75 bits per heavy atom. The maximum atomic E-state index is 10.6. The monoisotopic (exact) mass is 258 g/mol. The van der Waals surface area contributed by atoms with E-state index >= 15 is 0 Å². The maximum Gasteiger partial charge on any atom is 0.267 e. The van der Waals surface area contributed by atoms with Gasteiger partial charge >= 0.3 is 0 Å². The van der Waals surface area contributed by atoms with Crippen LogP contribution in [0.5, 0.6) is 0 Å². The topological polar surface area (TPSA) is 134 Å². The van der Waals surface area contributed by atoms with Crippen LogP contribution in [-0.4, -0.2) is 71.9 Å². The number of aliphatic hydroxyl groups is 3. The van der Waals surface area contributed by atoms with E-state index < -0.39 is 46.6 Å². The molecule has 0 aromatic carbocycles. The lowest BCUT2D eigenvalue weighted by Crippen LogP contribution is -2.59. The molecule has 0 unspecified atom stereocenters. The van der Waals surface area contributed by atoms with E-state index in [1.165, 1.54) is 7.11 Å². The molecule has 1 aliphatic rings. The zero-order valence-electron chi connectivity index (χ0n) is 8.42. The van der Waals surface area contributed by atoms with Gasteiger partial charge in [0.05, 0.1) is 0 Å². The summed E-state index contributed by atoms with van der Waals surface area (Å²) in [5, 5.41) is 28.1. The lowest BCUT2D eigenvalue weighted by molar-refractivity contribution is -0.285. The molecule has 1 heterocycles. The molecule has 9 heteroatoms. The van der Waals surface area contributed by atoms with Crippen molar-refractivity contribution >= 4 is 10.1 Å². The minimum absolute atomic E-state index is 0.891. The average Bonchev–Trinajstić information content (AvgIpc) is 2.17. The number of ether oxygens (including phenoxy) is 2. The number of hydrogen-bond donors (Lipinski definition) is 4. The van der Waals surface area contributed by atoms with Crippen molar-refractivity contribution in [1.29, 1.82) is 0 Å². The molecular weight excluding hydrogens is 244 g/mol. The molecule has 0 aliphatic carbocycles. The molecule has 0 bridgehead atoms. The third kappa shape index (κ3) is 3.10. The van der Waals surface area contributed by atoms with Gasteiger partial charge in [0, 0.05) is 7.11 Å². The highest BCUT2D eigenvalue weighted by molar-refractivity contribution is 7.85. The van der Waals surface area contributed by atoms with Crippen LogP contribution in [-0.2, 0) is 19.6 Å². The fraction of sp³-hybridized carbons (Fsp3) is 1.00. The molecule has 0 saturated carbocycles. The molecule has 96 valence electrons. The number of aliphatic hydroxyl groups excluding tert-OH is 3. The Morgan fingerprint density at radius 1 is 1.19 bits per heavy atom. The van der Waals surface area contributed by atoms with Crippen molar-refractivity contribution in [2.45, 2.75) is 30.7 Å². The minimum Gasteiger partial charge on any atom is -0.388 e. The predicted octanol–water partition coefficient (Wildman–Crippen LogP) is -2.67. The smallest absolute Gasteiger partial charge is 0.267 e. The van der Waals surface area contributed by atoms with Gasteiger partial charge in [0.25, 0.3) is 10.1 Å². The first-order valence-corrected chi connectivity index (χ1v) is 6.05. The van der Waals surface area contributed by atoms with E-state index in [0.29, 0.717) is 0 Å². The van der Waals surface area contributed by atoms with Gasteiger partial charge in [-0.2, -0.15) is 8.42 Å². The Bertz CT molecular complexity index is 325. The summed E-state index contributed by atoms with van der Waals surface area (Å²) in [6.07, 6.45) is -7.34. The Hall–Kier alpha value is -0.290. The molecule has 0 radical (unpaired) electrons. The van der Waals surface area contributed by atoms with E-state index in [0.717, 1.165) is 0 Å². The Balaban J connectivity index is 2.79. The molecule has 0 spiro atoms. The van der Waals surface area contributed by atoms with Crippen LogP contribution in [0.15, 0.2) is 0 Å². The first-order chi connectivity index (χ1) is 7.26. The number of hydrogen-bond acceptors (Lipinski definition) is 7. The van der Waals surface area contributed by atoms with E-state index in [4.69, 9.17) is 9.29 Å². The largest absolute Gasteiger partial charge is 0.388 e. The van der Waals surface area contributed by atoms with Crippen LogP contribution in [0, 0.1) is 0 Å². The summed E-state index contributed by atoms with van der Waals surface area (Å²) >= 11 is 0. The van der Waals surface area contributed by atoms with E-state index in [1.54, 1.807) is 0 Å². The summed E-state index contributed by atoms with van der Waals surface area (Å²) in [6.45, 7) is 0. The van der Waals surface area contributed by atoms with Crippen molar-refractivity contribution in [2.75, 3.05) is 12.9 Å². The molecule has 1 saturated heterocycles. The molecule has 1 fully saturated rings. The van der Waals surface area contributed by atoms with Gasteiger partial charge in [-0.25, -0.2) is 0 Å². The third-order valence-corrected chi connectivity index (χ3v) is 3.03. The van der Waals surface area contributed by atoms with E-state index in [2.05, 4.69) is 4.74 Å². The standard InChI is InChI=1S/C7H14O8S/c1-14-7-6(10)5(9)4(8)3(15-7)2-16(11,12)13/h3-10H,2H2,1H3,(H,11,12,13)/t3-,4+,5+,6-,7+/m0/s1. The summed E-state index contributed by atoms with van der Waals surface area (Å²) in [4.78, 5) is 0. The van der Waals surface area contributed by atoms with Gasteiger partial charge in [-0.05, 0) is 0 Å². The summed E-state index contributed by atoms with van der Waals surface area (Å²) in [5.41, 5.74) is 0. The zero-order valence-corrected chi connectivity index (χ0v) is 9.24. The average molecular weight is 258 g/mol. The zero-order chi connectivity index (χ0) is 12.5. The molecule has 16 heavy (non-hydrogen) atoms. The summed E-state index contributed by atoms with van der Waals surface area (Å²) in [5.74, 6) is -0.891. The Kier molecular flexibility index (Phi) is 4.23. The second-order valence-corrected chi connectivity index (χ2v) is 5.00. The Labute approximate surface area is 92.2 Å². The third-order valence-electron chi connectivity index (χ3n) is 2.28. The highest BCUT2D eigenvalue weighted by atomic mass is 32.2. The van der Waals surface area contributed by atoms with Crippen molar-refractivity contribution in [3.63, 3.8) is 0 Å². The van der Waals surface area contributed by atoms with Crippen molar-refractivity contribution < 1.29 is 37.8 Å². The number of rotatable bonds is 3. The summed E-state index contributed by atoms with van der Waals surface area (Å²) in [6, 6.07) is 0. The first kappa shape index (κ1) is 13.8. The second-order valence-electron chi connectivity index (χ2n) is 3.50.